The standard InChI is InChI=1S/C22H29N3O/c1-3-16-26-22-10-8-20(9-11-22)17-23-25-14-12-24(13-15-25)18-21-6-4-19(2)5-7-21/h4-11,17H,3,12-16,18H2,1-2H3/b23-17+. The highest BCUT2D eigenvalue weighted by Gasteiger charge is 2.15. The van der Waals surface area contributed by atoms with Crippen LogP contribution in [-0.4, -0.2) is 48.9 Å². The van der Waals surface area contributed by atoms with E-state index >= 15 is 0 Å². The number of benzene rings is 2. The molecule has 2 aromatic rings. The lowest BCUT2D eigenvalue weighted by Gasteiger charge is -2.33. The van der Waals surface area contributed by atoms with Crippen LogP contribution in [0.4, 0.5) is 0 Å². The molecule has 0 aromatic heterocycles. The summed E-state index contributed by atoms with van der Waals surface area (Å²) in [6.07, 6.45) is 2.97. The third-order valence-corrected chi connectivity index (χ3v) is 4.60. The molecule has 1 saturated heterocycles. The number of aryl methyl sites for hydroxylation is 1. The van der Waals surface area contributed by atoms with E-state index < -0.39 is 0 Å². The summed E-state index contributed by atoms with van der Waals surface area (Å²) in [5.41, 5.74) is 3.81. The normalized spacial score (nSPS) is 15.5. The van der Waals surface area contributed by atoms with Gasteiger partial charge in [-0.2, -0.15) is 5.10 Å². The lowest BCUT2D eigenvalue weighted by Crippen LogP contribution is -2.43. The van der Waals surface area contributed by atoms with E-state index in [0.717, 1.165) is 57.1 Å². The van der Waals surface area contributed by atoms with E-state index in [-0.39, 0.29) is 0 Å². The first-order chi connectivity index (χ1) is 12.7. The molecular weight excluding hydrogens is 322 g/mol. The van der Waals surface area contributed by atoms with Gasteiger partial charge in [-0.1, -0.05) is 36.8 Å². The van der Waals surface area contributed by atoms with E-state index in [4.69, 9.17) is 4.74 Å². The molecule has 0 saturated carbocycles. The maximum absolute atomic E-state index is 5.61. The van der Waals surface area contributed by atoms with Gasteiger partial charge in [-0.3, -0.25) is 9.91 Å². The van der Waals surface area contributed by atoms with Crippen molar-refractivity contribution < 1.29 is 4.74 Å². The number of rotatable bonds is 7. The van der Waals surface area contributed by atoms with Gasteiger partial charge in [0, 0.05) is 32.7 Å². The summed E-state index contributed by atoms with van der Waals surface area (Å²) in [5, 5.41) is 6.80. The minimum atomic E-state index is 0.764. The third kappa shape index (κ3) is 5.60. The molecule has 26 heavy (non-hydrogen) atoms. The first-order valence-corrected chi connectivity index (χ1v) is 9.52. The fourth-order valence-corrected chi connectivity index (χ4v) is 2.98. The molecule has 4 nitrogen and oxygen atoms in total. The van der Waals surface area contributed by atoms with Gasteiger partial charge in [0.05, 0.1) is 12.8 Å². The summed E-state index contributed by atoms with van der Waals surface area (Å²) in [4.78, 5) is 2.50. The highest BCUT2D eigenvalue weighted by Crippen LogP contribution is 2.12. The molecule has 0 unspecified atom stereocenters. The van der Waals surface area contributed by atoms with Crippen molar-refractivity contribution in [2.75, 3.05) is 32.8 Å². The Morgan fingerprint density at radius 3 is 2.31 bits per heavy atom. The molecule has 3 rings (SSSR count). The lowest BCUT2D eigenvalue weighted by atomic mass is 10.1. The van der Waals surface area contributed by atoms with Gasteiger partial charge in [0.15, 0.2) is 0 Å². The average molecular weight is 351 g/mol. The molecule has 0 spiro atoms. The minimum absolute atomic E-state index is 0.764. The maximum atomic E-state index is 5.61. The SMILES string of the molecule is CCCOc1ccc(/C=N/N2CCN(Cc3ccc(C)cc3)CC2)cc1. The Labute approximate surface area is 157 Å². The number of ether oxygens (including phenoxy) is 1. The zero-order valence-corrected chi connectivity index (χ0v) is 15.9. The van der Waals surface area contributed by atoms with Crippen LogP contribution in [0.5, 0.6) is 5.75 Å². The Morgan fingerprint density at radius 2 is 1.65 bits per heavy atom. The monoisotopic (exact) mass is 351 g/mol. The van der Waals surface area contributed by atoms with Crippen molar-refractivity contribution in [3.8, 4) is 5.75 Å². The Kier molecular flexibility index (Phi) is 6.67. The van der Waals surface area contributed by atoms with Gasteiger partial charge in [0.25, 0.3) is 0 Å². The van der Waals surface area contributed by atoms with Gasteiger partial charge in [-0.15, -0.1) is 0 Å². The predicted octanol–water partition coefficient (Wildman–Crippen LogP) is 3.94. The molecule has 2 aromatic carbocycles. The number of hydrazone groups is 1. The van der Waals surface area contributed by atoms with E-state index in [0.29, 0.717) is 0 Å². The summed E-state index contributed by atoms with van der Waals surface area (Å²) in [5.74, 6) is 0.925. The molecule has 4 heteroatoms. The molecule has 1 heterocycles. The average Bonchev–Trinajstić information content (AvgIpc) is 2.68. The van der Waals surface area contributed by atoms with Gasteiger partial charge < -0.3 is 4.74 Å². The summed E-state index contributed by atoms with van der Waals surface area (Å²) in [6.45, 7) is 10.1. The summed E-state index contributed by atoms with van der Waals surface area (Å²) in [7, 11) is 0. The number of piperazine rings is 1. The van der Waals surface area contributed by atoms with Crippen LogP contribution in [0.25, 0.3) is 0 Å². The second-order valence-electron chi connectivity index (χ2n) is 6.88. The van der Waals surface area contributed by atoms with Crippen molar-refractivity contribution >= 4 is 6.21 Å². The van der Waals surface area contributed by atoms with Gasteiger partial charge in [0.1, 0.15) is 5.75 Å². The molecule has 1 aliphatic heterocycles. The lowest BCUT2D eigenvalue weighted by molar-refractivity contribution is 0.131. The van der Waals surface area contributed by atoms with Crippen molar-refractivity contribution in [2.24, 2.45) is 5.10 Å². The van der Waals surface area contributed by atoms with Gasteiger partial charge in [-0.25, -0.2) is 0 Å². The quantitative estimate of drug-likeness (QED) is 0.708. The zero-order chi connectivity index (χ0) is 18.2. The van der Waals surface area contributed by atoms with E-state index in [1.807, 2.05) is 18.3 Å². The Morgan fingerprint density at radius 1 is 0.962 bits per heavy atom. The fourth-order valence-electron chi connectivity index (χ4n) is 2.98. The van der Waals surface area contributed by atoms with E-state index in [9.17, 15) is 0 Å². The topological polar surface area (TPSA) is 28.1 Å². The van der Waals surface area contributed by atoms with Gasteiger partial charge in [-0.05, 0) is 48.7 Å². The zero-order valence-electron chi connectivity index (χ0n) is 15.9. The van der Waals surface area contributed by atoms with Crippen molar-refractivity contribution in [1.82, 2.24) is 9.91 Å². The number of hydrogen-bond donors (Lipinski definition) is 0. The second kappa shape index (κ2) is 9.39. The van der Waals surface area contributed by atoms with Crippen molar-refractivity contribution in [1.29, 1.82) is 0 Å². The number of hydrogen-bond acceptors (Lipinski definition) is 4. The Hall–Kier alpha value is -2.33. The predicted molar refractivity (Wildman–Crippen MR) is 108 cm³/mol. The van der Waals surface area contributed by atoms with Gasteiger partial charge in [0.2, 0.25) is 0 Å². The molecule has 0 atom stereocenters. The molecule has 0 aliphatic carbocycles. The van der Waals surface area contributed by atoms with Crippen LogP contribution < -0.4 is 4.74 Å². The van der Waals surface area contributed by atoms with Crippen LogP contribution in [-0.2, 0) is 6.54 Å². The molecule has 138 valence electrons. The Balaban J connectivity index is 1.44. The van der Waals surface area contributed by atoms with Crippen LogP contribution in [0.15, 0.2) is 53.6 Å². The van der Waals surface area contributed by atoms with Crippen LogP contribution in [0.3, 0.4) is 0 Å². The second-order valence-corrected chi connectivity index (χ2v) is 6.88. The fraction of sp³-hybridized carbons (Fsp3) is 0.409. The highest BCUT2D eigenvalue weighted by atomic mass is 16.5. The molecule has 0 radical (unpaired) electrons. The van der Waals surface area contributed by atoms with Crippen molar-refractivity contribution in [2.45, 2.75) is 26.8 Å². The molecular formula is C22H29N3O. The van der Waals surface area contributed by atoms with E-state index in [1.165, 1.54) is 11.1 Å². The largest absolute Gasteiger partial charge is 0.494 e. The first-order valence-electron chi connectivity index (χ1n) is 9.52. The minimum Gasteiger partial charge on any atom is -0.494 e. The van der Waals surface area contributed by atoms with Crippen molar-refractivity contribution in [3.63, 3.8) is 0 Å². The molecule has 1 aliphatic rings. The maximum Gasteiger partial charge on any atom is 0.119 e. The van der Waals surface area contributed by atoms with Crippen molar-refractivity contribution in [3.05, 3.63) is 65.2 Å². The van der Waals surface area contributed by atoms with Crippen LogP contribution >= 0.6 is 0 Å². The van der Waals surface area contributed by atoms with Crippen LogP contribution in [0.1, 0.15) is 30.0 Å². The highest BCUT2D eigenvalue weighted by molar-refractivity contribution is 5.79. The summed E-state index contributed by atoms with van der Waals surface area (Å²) < 4.78 is 5.61. The molecule has 0 bridgehead atoms. The Bertz CT molecular complexity index is 686. The molecule has 1 fully saturated rings. The summed E-state index contributed by atoms with van der Waals surface area (Å²) >= 11 is 0. The summed E-state index contributed by atoms with van der Waals surface area (Å²) in [6, 6.07) is 17.0. The van der Waals surface area contributed by atoms with E-state index in [2.05, 4.69) is 65.3 Å². The third-order valence-electron chi connectivity index (χ3n) is 4.60. The molecule has 0 N–H and O–H groups in total. The molecule has 0 amide bonds. The van der Waals surface area contributed by atoms with Gasteiger partial charge >= 0.3 is 0 Å². The van der Waals surface area contributed by atoms with Crippen LogP contribution in [0, 0.1) is 6.92 Å². The smallest absolute Gasteiger partial charge is 0.119 e. The number of nitrogens with zero attached hydrogens (tertiary/aromatic N) is 3. The van der Waals surface area contributed by atoms with E-state index in [1.54, 1.807) is 0 Å². The first kappa shape index (κ1) is 18.5. The van der Waals surface area contributed by atoms with Crippen LogP contribution in [0.2, 0.25) is 0 Å².